The fraction of sp³-hybridized carbons (Fsp3) is 0.0625. The Hall–Kier alpha value is -3.93. The van der Waals surface area contributed by atoms with Gasteiger partial charge in [-0.1, -0.05) is 18.2 Å². The summed E-state index contributed by atoms with van der Waals surface area (Å²) in [7, 11) is 0. The summed E-state index contributed by atoms with van der Waals surface area (Å²) in [6.45, 7) is -0.378. The van der Waals surface area contributed by atoms with Gasteiger partial charge >= 0.3 is 5.69 Å². The molecule has 9 heteroatoms. The molecule has 0 aliphatic heterocycles. The highest BCUT2D eigenvalue weighted by atomic mass is 16.6. The lowest BCUT2D eigenvalue weighted by atomic mass is 10.2. The van der Waals surface area contributed by atoms with Crippen LogP contribution in [0, 0.1) is 21.4 Å². The molecule has 1 amide bonds. The molecule has 0 radical (unpaired) electrons. The number of nitriles is 1. The molecule has 0 aromatic heterocycles. The lowest BCUT2D eigenvalue weighted by Gasteiger charge is -2.06. The minimum Gasteiger partial charge on any atom is -0.502 e. The molecular weight excluding hydrogens is 328 g/mol. The summed E-state index contributed by atoms with van der Waals surface area (Å²) in [5.41, 5.74) is 2.06. The number of hydrogen-bond donors (Lipinski definition) is 2. The topological polar surface area (TPSA) is 138 Å². The van der Waals surface area contributed by atoms with Crippen LogP contribution < -0.4 is 10.2 Å². The molecule has 0 heterocycles. The van der Waals surface area contributed by atoms with Gasteiger partial charge < -0.3 is 9.84 Å². The fourth-order valence-electron chi connectivity index (χ4n) is 1.83. The molecule has 0 aliphatic carbocycles. The molecule has 0 unspecified atom stereocenters. The van der Waals surface area contributed by atoms with Crippen molar-refractivity contribution in [1.29, 1.82) is 5.26 Å². The molecular formula is C16H12N4O5. The SMILES string of the molecule is N#Cc1ccccc1OCC(=O)NN=Cc1cccc([N+](=O)[O-])c1O. The van der Waals surface area contributed by atoms with Crippen molar-refractivity contribution in [2.75, 3.05) is 6.61 Å². The minimum atomic E-state index is -0.730. The van der Waals surface area contributed by atoms with Crippen LogP contribution in [0.15, 0.2) is 47.6 Å². The number of para-hydroxylation sites is 2. The van der Waals surface area contributed by atoms with Crippen LogP contribution in [0.3, 0.4) is 0 Å². The molecule has 0 spiro atoms. The Kier molecular flexibility index (Phi) is 5.63. The summed E-state index contributed by atoms with van der Waals surface area (Å²) in [5.74, 6) is -0.890. The Morgan fingerprint density at radius 1 is 1.36 bits per heavy atom. The second kappa shape index (κ2) is 8.07. The van der Waals surface area contributed by atoms with Crippen LogP contribution in [0.4, 0.5) is 5.69 Å². The van der Waals surface area contributed by atoms with Crippen molar-refractivity contribution in [2.24, 2.45) is 5.10 Å². The quantitative estimate of drug-likeness (QED) is 0.466. The molecule has 0 aliphatic rings. The van der Waals surface area contributed by atoms with E-state index in [1.807, 2.05) is 6.07 Å². The van der Waals surface area contributed by atoms with E-state index in [1.54, 1.807) is 24.3 Å². The van der Waals surface area contributed by atoms with Crippen LogP contribution in [0.1, 0.15) is 11.1 Å². The second-order valence-corrected chi connectivity index (χ2v) is 4.66. The lowest BCUT2D eigenvalue weighted by molar-refractivity contribution is -0.385. The normalized spacial score (nSPS) is 10.2. The highest BCUT2D eigenvalue weighted by Gasteiger charge is 2.15. The summed E-state index contributed by atoms with van der Waals surface area (Å²) in [6, 6.07) is 12.3. The average Bonchev–Trinajstić information content (AvgIpc) is 2.61. The number of nitrogens with zero attached hydrogens (tertiary/aromatic N) is 3. The number of ether oxygens (including phenoxy) is 1. The maximum atomic E-state index is 11.7. The van der Waals surface area contributed by atoms with E-state index in [2.05, 4.69) is 10.5 Å². The van der Waals surface area contributed by atoms with Crippen molar-refractivity contribution in [2.45, 2.75) is 0 Å². The summed E-state index contributed by atoms with van der Waals surface area (Å²) < 4.78 is 5.22. The van der Waals surface area contributed by atoms with Crippen molar-refractivity contribution in [1.82, 2.24) is 5.43 Å². The number of benzene rings is 2. The number of aromatic hydroxyl groups is 1. The largest absolute Gasteiger partial charge is 0.502 e. The van der Waals surface area contributed by atoms with Gasteiger partial charge in [0.25, 0.3) is 5.91 Å². The number of nitro groups is 1. The Morgan fingerprint density at radius 2 is 2.12 bits per heavy atom. The molecule has 0 fully saturated rings. The fourth-order valence-corrected chi connectivity index (χ4v) is 1.83. The van der Waals surface area contributed by atoms with Crippen LogP contribution >= 0.6 is 0 Å². The number of hydrogen-bond acceptors (Lipinski definition) is 7. The van der Waals surface area contributed by atoms with Crippen molar-refractivity contribution in [3.63, 3.8) is 0 Å². The first-order valence-electron chi connectivity index (χ1n) is 6.93. The van der Waals surface area contributed by atoms with Crippen molar-refractivity contribution in [3.8, 4) is 17.6 Å². The predicted octanol–water partition coefficient (Wildman–Crippen LogP) is 1.70. The molecule has 2 aromatic rings. The van der Waals surface area contributed by atoms with E-state index in [4.69, 9.17) is 10.00 Å². The number of nitro benzene ring substituents is 1. The minimum absolute atomic E-state index is 0.0743. The van der Waals surface area contributed by atoms with Crippen LogP contribution in [0.25, 0.3) is 0 Å². The summed E-state index contributed by atoms with van der Waals surface area (Å²) in [5, 5.41) is 33.0. The van der Waals surface area contributed by atoms with E-state index in [0.29, 0.717) is 5.56 Å². The van der Waals surface area contributed by atoms with Crippen LogP contribution in [-0.2, 0) is 4.79 Å². The number of carbonyl (C=O) groups excluding carboxylic acids is 1. The van der Waals surface area contributed by atoms with Gasteiger partial charge in [-0.2, -0.15) is 10.4 Å². The van der Waals surface area contributed by atoms with Gasteiger partial charge in [0, 0.05) is 11.6 Å². The van der Waals surface area contributed by atoms with Crippen molar-refractivity contribution >= 4 is 17.8 Å². The zero-order chi connectivity index (χ0) is 18.2. The third-order valence-electron chi connectivity index (χ3n) is 3.00. The van der Waals surface area contributed by atoms with Gasteiger partial charge in [0.2, 0.25) is 5.75 Å². The first-order valence-corrected chi connectivity index (χ1v) is 6.93. The van der Waals surface area contributed by atoms with E-state index < -0.39 is 22.3 Å². The van der Waals surface area contributed by atoms with Gasteiger partial charge in [-0.25, -0.2) is 5.43 Å². The van der Waals surface area contributed by atoms with Gasteiger partial charge in [0.15, 0.2) is 6.61 Å². The Morgan fingerprint density at radius 3 is 2.84 bits per heavy atom. The summed E-state index contributed by atoms with van der Waals surface area (Å²) in [6.07, 6.45) is 1.07. The number of phenolic OH excluding ortho intramolecular Hbond substituents is 1. The monoisotopic (exact) mass is 340 g/mol. The van der Waals surface area contributed by atoms with Gasteiger partial charge in [-0.15, -0.1) is 0 Å². The molecule has 0 saturated heterocycles. The number of carbonyl (C=O) groups is 1. The maximum absolute atomic E-state index is 11.7. The third-order valence-corrected chi connectivity index (χ3v) is 3.00. The first kappa shape index (κ1) is 17.4. The molecule has 0 atom stereocenters. The van der Waals surface area contributed by atoms with E-state index in [-0.39, 0.29) is 17.9 Å². The summed E-state index contributed by atoms with van der Waals surface area (Å²) >= 11 is 0. The molecule has 25 heavy (non-hydrogen) atoms. The Labute approximate surface area is 141 Å². The van der Waals surface area contributed by atoms with E-state index >= 15 is 0 Å². The summed E-state index contributed by atoms with van der Waals surface area (Å²) in [4.78, 5) is 21.7. The third kappa shape index (κ3) is 4.52. The highest BCUT2D eigenvalue weighted by molar-refractivity contribution is 5.87. The molecule has 2 rings (SSSR count). The standard InChI is InChI=1S/C16H12N4O5/c17-8-11-4-1-2-7-14(11)25-10-15(21)19-18-9-12-5-3-6-13(16(12)22)20(23)24/h1-7,9,22H,10H2,(H,19,21). The molecule has 9 nitrogen and oxygen atoms in total. The highest BCUT2D eigenvalue weighted by Crippen LogP contribution is 2.27. The molecule has 0 bridgehead atoms. The predicted molar refractivity (Wildman–Crippen MR) is 87.1 cm³/mol. The van der Waals surface area contributed by atoms with E-state index in [0.717, 1.165) is 12.3 Å². The average molecular weight is 340 g/mol. The number of hydrazone groups is 1. The zero-order valence-electron chi connectivity index (χ0n) is 12.7. The van der Waals surface area contributed by atoms with E-state index in [9.17, 15) is 20.0 Å². The van der Waals surface area contributed by atoms with Gasteiger partial charge in [0.05, 0.1) is 16.7 Å². The second-order valence-electron chi connectivity index (χ2n) is 4.66. The van der Waals surface area contributed by atoms with Crippen LogP contribution in [0.5, 0.6) is 11.5 Å². The van der Waals surface area contributed by atoms with Crippen LogP contribution in [-0.4, -0.2) is 28.8 Å². The van der Waals surface area contributed by atoms with Gasteiger partial charge in [0.1, 0.15) is 11.8 Å². The number of amides is 1. The van der Waals surface area contributed by atoms with Gasteiger partial charge in [-0.05, 0) is 18.2 Å². The molecule has 2 N–H and O–H groups in total. The zero-order valence-corrected chi connectivity index (χ0v) is 12.7. The Bertz CT molecular complexity index is 873. The molecule has 126 valence electrons. The van der Waals surface area contributed by atoms with Crippen molar-refractivity contribution in [3.05, 3.63) is 63.7 Å². The molecule has 2 aromatic carbocycles. The Balaban J connectivity index is 1.94. The lowest BCUT2D eigenvalue weighted by Crippen LogP contribution is -2.24. The smallest absolute Gasteiger partial charge is 0.311 e. The molecule has 0 saturated carbocycles. The van der Waals surface area contributed by atoms with Gasteiger partial charge in [-0.3, -0.25) is 14.9 Å². The first-order chi connectivity index (χ1) is 12.0. The van der Waals surface area contributed by atoms with Crippen molar-refractivity contribution < 1.29 is 19.6 Å². The number of phenols is 1. The van der Waals surface area contributed by atoms with Crippen LogP contribution in [0.2, 0.25) is 0 Å². The van der Waals surface area contributed by atoms with E-state index in [1.165, 1.54) is 12.1 Å². The number of rotatable bonds is 6. The number of nitrogens with one attached hydrogen (secondary N) is 1. The maximum Gasteiger partial charge on any atom is 0.311 e.